The lowest BCUT2D eigenvalue weighted by Crippen LogP contribution is -2.20. The summed E-state index contributed by atoms with van der Waals surface area (Å²) in [6.45, 7) is 0. The molecule has 0 aliphatic rings. The van der Waals surface area contributed by atoms with E-state index in [1.54, 1.807) is 0 Å². The molecule has 0 fully saturated rings. The third-order valence-corrected chi connectivity index (χ3v) is 3.67. The van der Waals surface area contributed by atoms with Gasteiger partial charge in [-0.3, -0.25) is 9.82 Å². The summed E-state index contributed by atoms with van der Waals surface area (Å²) < 4.78 is 39.3. The molecule has 20 heavy (non-hydrogen) atoms. The first kappa shape index (κ1) is 13.8. The minimum atomic E-state index is -3.93. The maximum atomic E-state index is 13.2. The van der Waals surface area contributed by atoms with Crippen LogP contribution in [-0.4, -0.2) is 29.7 Å². The summed E-state index contributed by atoms with van der Waals surface area (Å²) in [5.74, 6) is -1.08. The van der Waals surface area contributed by atoms with Crippen LogP contribution in [0.1, 0.15) is 5.56 Å². The third kappa shape index (κ3) is 2.69. The number of oxime groups is 1. The van der Waals surface area contributed by atoms with Gasteiger partial charge in [0.1, 0.15) is 5.82 Å². The molecule has 0 atom stereocenters. The Kier molecular flexibility index (Phi) is 3.57. The summed E-state index contributed by atoms with van der Waals surface area (Å²) in [4.78, 5) is 0. The number of benzene rings is 1. The van der Waals surface area contributed by atoms with E-state index in [0.29, 0.717) is 0 Å². The number of nitrogens with one attached hydrogen (secondary N) is 2. The largest absolute Gasteiger partial charge is 0.409 e. The number of aromatic amines is 1. The Hall–Kier alpha value is -2.62. The zero-order valence-electron chi connectivity index (χ0n) is 9.91. The predicted molar refractivity (Wildman–Crippen MR) is 68.3 cm³/mol. The van der Waals surface area contributed by atoms with E-state index >= 15 is 0 Å². The first-order chi connectivity index (χ1) is 9.44. The van der Waals surface area contributed by atoms with Gasteiger partial charge in [-0.05, 0) is 24.3 Å². The van der Waals surface area contributed by atoms with E-state index in [9.17, 15) is 12.8 Å². The van der Waals surface area contributed by atoms with Crippen molar-refractivity contribution in [1.29, 1.82) is 0 Å². The lowest BCUT2D eigenvalue weighted by molar-refractivity contribution is 0.318. The van der Waals surface area contributed by atoms with Gasteiger partial charge < -0.3 is 10.9 Å². The molecule has 8 nitrogen and oxygen atoms in total. The van der Waals surface area contributed by atoms with Gasteiger partial charge >= 0.3 is 0 Å². The fraction of sp³-hybridized carbons (Fsp3) is 0. The zero-order valence-corrected chi connectivity index (χ0v) is 10.7. The van der Waals surface area contributed by atoms with Gasteiger partial charge in [-0.15, -0.1) is 0 Å². The van der Waals surface area contributed by atoms with Gasteiger partial charge in [0.15, 0.2) is 10.9 Å². The molecule has 0 saturated heterocycles. The van der Waals surface area contributed by atoms with Gasteiger partial charge in [0.2, 0.25) is 0 Å². The highest BCUT2D eigenvalue weighted by atomic mass is 32.2. The van der Waals surface area contributed by atoms with Crippen LogP contribution in [0.4, 0.5) is 10.1 Å². The van der Waals surface area contributed by atoms with Crippen molar-refractivity contribution in [1.82, 2.24) is 10.2 Å². The molecule has 0 spiro atoms. The Balaban J connectivity index is 2.45. The molecule has 106 valence electrons. The molecule has 5 N–H and O–H groups in total. The van der Waals surface area contributed by atoms with E-state index in [0.717, 1.165) is 18.2 Å². The average Bonchev–Trinajstić information content (AvgIpc) is 2.94. The molecular weight excluding hydrogens is 289 g/mol. The van der Waals surface area contributed by atoms with Gasteiger partial charge in [-0.25, -0.2) is 4.39 Å². The highest BCUT2D eigenvalue weighted by Gasteiger charge is 2.19. The number of anilines is 1. The minimum Gasteiger partial charge on any atom is -0.409 e. The maximum Gasteiger partial charge on any atom is 0.278 e. The van der Waals surface area contributed by atoms with Gasteiger partial charge in [0.05, 0.1) is 11.9 Å². The number of sulfonamides is 1. The van der Waals surface area contributed by atoms with E-state index in [-0.39, 0.29) is 16.3 Å². The van der Waals surface area contributed by atoms with Crippen LogP contribution in [0.2, 0.25) is 0 Å². The Bertz CT molecular complexity index is 742. The van der Waals surface area contributed by atoms with Crippen LogP contribution < -0.4 is 10.5 Å². The highest BCUT2D eigenvalue weighted by Crippen LogP contribution is 2.20. The van der Waals surface area contributed by atoms with Crippen LogP contribution in [0, 0.1) is 5.82 Å². The van der Waals surface area contributed by atoms with Gasteiger partial charge in [-0.2, -0.15) is 13.5 Å². The summed E-state index contributed by atoms with van der Waals surface area (Å²) in [6.07, 6.45) is 1.27. The summed E-state index contributed by atoms with van der Waals surface area (Å²) >= 11 is 0. The molecule has 0 amide bonds. The van der Waals surface area contributed by atoms with Crippen LogP contribution in [0.3, 0.4) is 0 Å². The molecule has 1 aromatic heterocycles. The smallest absolute Gasteiger partial charge is 0.278 e. The molecule has 1 aromatic carbocycles. The number of rotatable bonds is 4. The molecule has 0 unspecified atom stereocenters. The van der Waals surface area contributed by atoms with Crippen molar-refractivity contribution in [3.63, 3.8) is 0 Å². The summed E-state index contributed by atoms with van der Waals surface area (Å²) in [5.41, 5.74) is 5.26. The molecule has 2 rings (SSSR count). The number of aromatic nitrogens is 2. The fourth-order valence-corrected chi connectivity index (χ4v) is 2.45. The van der Waals surface area contributed by atoms with E-state index in [2.05, 4.69) is 20.1 Å². The van der Waals surface area contributed by atoms with Gasteiger partial charge in [0.25, 0.3) is 10.0 Å². The van der Waals surface area contributed by atoms with Crippen molar-refractivity contribution in [2.75, 3.05) is 4.72 Å². The van der Waals surface area contributed by atoms with Crippen LogP contribution >= 0.6 is 0 Å². The van der Waals surface area contributed by atoms with E-state index < -0.39 is 21.7 Å². The zero-order chi connectivity index (χ0) is 14.8. The summed E-state index contributed by atoms with van der Waals surface area (Å²) in [7, 11) is -3.93. The van der Waals surface area contributed by atoms with E-state index in [1.165, 1.54) is 12.3 Å². The number of nitrogens with two attached hydrogens (primary N) is 1. The average molecular weight is 299 g/mol. The molecular formula is C10H10FN5O3S. The number of nitrogens with zero attached hydrogens (tertiary/aromatic N) is 2. The quantitative estimate of drug-likeness (QED) is 0.281. The van der Waals surface area contributed by atoms with Crippen molar-refractivity contribution in [2.45, 2.75) is 5.03 Å². The molecule has 2 aromatic rings. The SMILES string of the molecule is N/C(=N/O)c1cc(F)ccc1NS(=O)(=O)c1ccn[nH]1. The normalized spacial score (nSPS) is 12.3. The molecule has 0 aliphatic heterocycles. The van der Waals surface area contributed by atoms with Crippen molar-refractivity contribution in [3.8, 4) is 0 Å². The standard InChI is InChI=1S/C10H10FN5O3S/c11-6-1-2-8(7(5-6)10(12)15-17)16-20(18,19)9-3-4-13-14-9/h1-5,16-17H,(H2,12,15)(H,13,14). The second-order valence-corrected chi connectivity index (χ2v) is 5.35. The molecule has 10 heteroatoms. The lowest BCUT2D eigenvalue weighted by atomic mass is 10.1. The number of amidine groups is 1. The predicted octanol–water partition coefficient (Wildman–Crippen LogP) is 0.444. The van der Waals surface area contributed by atoms with Crippen LogP contribution in [0.5, 0.6) is 0 Å². The first-order valence-corrected chi connectivity index (χ1v) is 6.72. The van der Waals surface area contributed by atoms with Crippen LogP contribution in [0.25, 0.3) is 0 Å². The van der Waals surface area contributed by atoms with Gasteiger partial charge in [0, 0.05) is 5.56 Å². The maximum absolute atomic E-state index is 13.2. The lowest BCUT2D eigenvalue weighted by Gasteiger charge is -2.10. The minimum absolute atomic E-state index is 0.0312. The Labute approximate surface area is 113 Å². The fourth-order valence-electron chi connectivity index (χ4n) is 1.46. The molecule has 0 radical (unpaired) electrons. The van der Waals surface area contributed by atoms with Gasteiger partial charge in [-0.1, -0.05) is 5.16 Å². The van der Waals surface area contributed by atoms with Crippen LogP contribution in [-0.2, 0) is 10.0 Å². The number of halogens is 1. The number of hydrogen-bond acceptors (Lipinski definition) is 5. The monoisotopic (exact) mass is 299 g/mol. The number of H-pyrrole nitrogens is 1. The molecule has 0 bridgehead atoms. The second-order valence-electron chi connectivity index (χ2n) is 3.70. The van der Waals surface area contributed by atoms with Crippen molar-refractivity contribution in [2.24, 2.45) is 10.9 Å². The van der Waals surface area contributed by atoms with Crippen LogP contribution in [0.15, 0.2) is 40.6 Å². The highest BCUT2D eigenvalue weighted by molar-refractivity contribution is 7.92. The topological polar surface area (TPSA) is 133 Å². The number of hydrogen-bond donors (Lipinski definition) is 4. The molecule has 0 aliphatic carbocycles. The Morgan fingerprint density at radius 2 is 2.20 bits per heavy atom. The van der Waals surface area contributed by atoms with Crippen molar-refractivity contribution >= 4 is 21.5 Å². The van der Waals surface area contributed by atoms with E-state index in [1.807, 2.05) is 0 Å². The van der Waals surface area contributed by atoms with Crippen molar-refractivity contribution < 1.29 is 18.0 Å². The van der Waals surface area contributed by atoms with E-state index in [4.69, 9.17) is 10.9 Å². The molecule has 0 saturated carbocycles. The summed E-state index contributed by atoms with van der Waals surface area (Å²) in [5, 5.41) is 17.0. The third-order valence-electron chi connectivity index (χ3n) is 2.37. The van der Waals surface area contributed by atoms with Crippen molar-refractivity contribution in [3.05, 3.63) is 41.8 Å². The summed E-state index contributed by atoms with van der Waals surface area (Å²) in [6, 6.07) is 4.39. The Morgan fingerprint density at radius 1 is 1.45 bits per heavy atom. The second kappa shape index (κ2) is 5.17. The molecule has 1 heterocycles. The first-order valence-electron chi connectivity index (χ1n) is 5.23. The Morgan fingerprint density at radius 3 is 2.80 bits per heavy atom.